The first-order valence-corrected chi connectivity index (χ1v) is 47.5. The van der Waals surface area contributed by atoms with E-state index in [0.29, 0.717) is 52.4 Å². The van der Waals surface area contributed by atoms with Crippen LogP contribution in [0.5, 0.6) is 0 Å². The first-order chi connectivity index (χ1) is 66.8. The van der Waals surface area contributed by atoms with Crippen LogP contribution in [0.1, 0.15) is 0 Å². The first kappa shape index (κ1) is 80.0. The highest BCUT2D eigenvalue weighted by molar-refractivity contribution is 7.27. The smallest absolute Gasteiger partial charge is 0.165 e. The molecule has 0 fully saturated rings. The molecule has 135 heavy (non-hydrogen) atoms. The van der Waals surface area contributed by atoms with Gasteiger partial charge in [0.2, 0.25) is 0 Å². The molecule has 21 aromatic carbocycles. The number of hydrogen-bond donors (Lipinski definition) is 0. The van der Waals surface area contributed by atoms with Crippen molar-refractivity contribution in [3.8, 4) is 136 Å². The molecule has 0 unspecified atom stereocenters. The van der Waals surface area contributed by atoms with Crippen molar-refractivity contribution in [1.29, 1.82) is 0 Å². The van der Waals surface area contributed by atoms with Crippen LogP contribution in [-0.2, 0) is 0 Å². The van der Waals surface area contributed by atoms with Crippen molar-refractivity contribution in [1.82, 2.24) is 44.9 Å². The Morgan fingerprint density at radius 2 is 0.430 bits per heavy atom. The van der Waals surface area contributed by atoms with E-state index in [4.69, 9.17) is 44.9 Å². The fraction of sp³-hybridized carbons (Fsp3) is 0. The lowest BCUT2D eigenvalue weighted by molar-refractivity contribution is 1.07. The van der Waals surface area contributed by atoms with Crippen molar-refractivity contribution in [2.45, 2.75) is 0 Å². The van der Waals surface area contributed by atoms with Gasteiger partial charge in [0.05, 0.1) is 0 Å². The highest BCUT2D eigenvalue weighted by Gasteiger charge is 2.24. The molecule has 0 bridgehead atoms. The predicted molar refractivity (Wildman–Crippen MR) is 568 cm³/mol. The maximum Gasteiger partial charge on any atom is 0.165 e. The molecule has 27 rings (SSSR count). The number of aromatic nitrogens is 9. The van der Waals surface area contributed by atoms with Crippen LogP contribution in [0.4, 0.5) is 0 Å². The Bertz CT molecular complexity index is 9310. The van der Waals surface area contributed by atoms with Crippen LogP contribution >= 0.6 is 34.0 Å². The topological polar surface area (TPSA) is 116 Å². The molecule has 9 nitrogen and oxygen atoms in total. The Kier molecular flexibility index (Phi) is 20.3. The average molecular weight is 1780 g/mol. The van der Waals surface area contributed by atoms with Gasteiger partial charge >= 0.3 is 0 Å². The summed E-state index contributed by atoms with van der Waals surface area (Å²) in [5, 5.41) is 22.4. The number of fused-ring (bicyclic) bond motifs is 18. The molecular weight excluding hydrogens is 1700 g/mol. The van der Waals surface area contributed by atoms with Crippen LogP contribution in [-0.4, -0.2) is 44.9 Å². The van der Waals surface area contributed by atoms with Crippen molar-refractivity contribution >= 4 is 159 Å². The molecule has 630 valence electrons. The molecule has 0 aliphatic heterocycles. The second-order valence-corrected chi connectivity index (χ2v) is 37.0. The SMILES string of the molecule is c1ccc(-c2nc(-c3ccc(-c4ccc5ccccc5c4)cc3)nc(-c3cc4ccccc4c4sc5ccccc5c34)n2)cc1.c1ccc(-c2nc(-c3ccc(-c4ccc5ccccc5c4)cc3)nc(-c3ccc4c(c3)sc3ccc5ccccc5c34)n2)cc1.c1ccc(-c2nc(-c3ccc(-c4ccc5ccccc5c4)cc3)nc(-c3cccc4c3sc3ccc5ccccc5c34)n2)cc1. The Balaban J connectivity index is 0.000000108. The number of rotatable bonds is 12. The molecular formula is C123H75N9S3. The zero-order valence-corrected chi connectivity index (χ0v) is 75.0. The minimum absolute atomic E-state index is 0.657. The van der Waals surface area contributed by atoms with E-state index >= 15 is 0 Å². The summed E-state index contributed by atoms with van der Waals surface area (Å²) in [6.07, 6.45) is 0. The summed E-state index contributed by atoms with van der Waals surface area (Å²) in [6.45, 7) is 0. The van der Waals surface area contributed by atoms with Gasteiger partial charge < -0.3 is 0 Å². The van der Waals surface area contributed by atoms with Gasteiger partial charge in [-0.15, -0.1) is 34.0 Å². The summed E-state index contributed by atoms with van der Waals surface area (Å²) < 4.78 is 7.47. The van der Waals surface area contributed by atoms with Gasteiger partial charge in [-0.25, -0.2) is 44.9 Å². The normalized spacial score (nSPS) is 11.6. The first-order valence-electron chi connectivity index (χ1n) is 45.1. The summed E-state index contributed by atoms with van der Waals surface area (Å²) in [7, 11) is 0. The van der Waals surface area contributed by atoms with Crippen molar-refractivity contribution < 1.29 is 0 Å². The van der Waals surface area contributed by atoms with Gasteiger partial charge in [0.1, 0.15) is 0 Å². The van der Waals surface area contributed by atoms with Crippen LogP contribution in [0.2, 0.25) is 0 Å². The fourth-order valence-corrected chi connectivity index (χ4v) is 22.4. The van der Waals surface area contributed by atoms with Crippen LogP contribution in [0, 0.1) is 0 Å². The number of benzene rings is 21. The second-order valence-electron chi connectivity index (χ2n) is 33.8. The Labute approximate surface area is 788 Å². The Morgan fingerprint density at radius 1 is 0.126 bits per heavy atom. The lowest BCUT2D eigenvalue weighted by Gasteiger charge is -2.11. The van der Waals surface area contributed by atoms with Crippen molar-refractivity contribution in [3.63, 3.8) is 0 Å². The number of nitrogens with zero attached hydrogens (tertiary/aromatic N) is 9. The van der Waals surface area contributed by atoms with E-state index in [1.54, 1.807) is 11.3 Å². The second kappa shape index (κ2) is 34.3. The molecule has 0 aliphatic rings. The molecule has 0 atom stereocenters. The van der Waals surface area contributed by atoms with Gasteiger partial charge in [0.15, 0.2) is 52.4 Å². The lowest BCUT2D eigenvalue weighted by Crippen LogP contribution is -2.00. The minimum Gasteiger partial charge on any atom is -0.208 e. The molecule has 0 saturated heterocycles. The third kappa shape index (κ3) is 15.3. The summed E-state index contributed by atoms with van der Waals surface area (Å²) in [4.78, 5) is 45.4. The summed E-state index contributed by atoms with van der Waals surface area (Å²) in [5.41, 5.74) is 15.8. The van der Waals surface area contributed by atoms with E-state index in [9.17, 15) is 0 Å². The molecule has 0 spiro atoms. The third-order valence-electron chi connectivity index (χ3n) is 25.5. The van der Waals surface area contributed by atoms with E-state index < -0.39 is 0 Å². The molecule has 0 amide bonds. The molecule has 0 radical (unpaired) electrons. The van der Waals surface area contributed by atoms with E-state index in [0.717, 1.165) is 66.8 Å². The summed E-state index contributed by atoms with van der Waals surface area (Å²) in [6, 6.07) is 160. The third-order valence-corrected chi connectivity index (χ3v) is 29.1. The Hall–Kier alpha value is -17.1. The van der Waals surface area contributed by atoms with Gasteiger partial charge in [-0.2, -0.15) is 0 Å². The van der Waals surface area contributed by atoms with Gasteiger partial charge in [0.25, 0.3) is 0 Å². The zero-order valence-electron chi connectivity index (χ0n) is 72.6. The molecule has 12 heteroatoms. The van der Waals surface area contributed by atoms with Crippen molar-refractivity contribution in [2.24, 2.45) is 0 Å². The quantitative estimate of drug-likeness (QED) is 0.118. The van der Waals surface area contributed by atoms with Gasteiger partial charge in [-0.1, -0.05) is 400 Å². The lowest BCUT2D eigenvalue weighted by atomic mass is 9.99. The van der Waals surface area contributed by atoms with Gasteiger partial charge in [0, 0.05) is 111 Å². The molecule has 6 aromatic heterocycles. The van der Waals surface area contributed by atoms with Crippen LogP contribution in [0.3, 0.4) is 0 Å². The van der Waals surface area contributed by atoms with Crippen LogP contribution in [0.25, 0.3) is 261 Å². The van der Waals surface area contributed by atoms with Crippen molar-refractivity contribution in [3.05, 3.63) is 455 Å². The average Bonchev–Trinajstić information content (AvgIpc) is 1.64. The standard InChI is InChI=1S/3C41H25N3S/c1-2-11-28(12-3-1)39-42-40(29-21-18-27(19-22-29)31-23-20-26-10-4-5-13-30(26)24-31)44-41(43-39)35-25-32-14-6-7-15-33(32)38-37(35)34-16-8-9-17-36(34)45-38;1-2-11-29(12-3-1)39-42-40(30-20-17-27(18-21-30)32-22-19-26-9-4-5-13-31(26)25-32)44-41(43-39)35-16-8-15-34-37-33-14-7-6-10-28(33)23-24-36(37)45-38(34)35;1-2-10-29(11-3-1)39-42-40(30-17-14-27(15-18-30)32-19-16-26-8-4-5-12-31(26)24-32)44-41(43-39)33-20-22-35-37(25-33)45-36-23-21-28-9-6-7-13-34(28)38(35)36/h3*1-25H. The monoisotopic (exact) mass is 1770 g/mol. The molecule has 0 N–H and O–H groups in total. The maximum atomic E-state index is 5.17. The largest absolute Gasteiger partial charge is 0.208 e. The fourth-order valence-electron chi connectivity index (χ4n) is 18.7. The highest BCUT2D eigenvalue weighted by Crippen LogP contribution is 2.48. The maximum absolute atomic E-state index is 5.17. The van der Waals surface area contributed by atoms with Crippen molar-refractivity contribution in [2.75, 3.05) is 0 Å². The van der Waals surface area contributed by atoms with Crippen LogP contribution < -0.4 is 0 Å². The molecule has 0 saturated carbocycles. The minimum atomic E-state index is 0.657. The zero-order chi connectivity index (χ0) is 89.2. The highest BCUT2D eigenvalue weighted by atomic mass is 32.1. The van der Waals surface area contributed by atoms with E-state index in [2.05, 4.69) is 388 Å². The number of hydrogen-bond acceptors (Lipinski definition) is 12. The van der Waals surface area contributed by atoms with E-state index in [-0.39, 0.29) is 0 Å². The Morgan fingerprint density at radius 3 is 0.889 bits per heavy atom. The molecule has 27 aromatic rings. The van der Waals surface area contributed by atoms with Gasteiger partial charge in [-0.3, -0.25) is 0 Å². The predicted octanol–water partition coefficient (Wildman–Crippen LogP) is 33.6. The van der Waals surface area contributed by atoms with E-state index in [1.165, 1.54) is 142 Å². The molecule has 0 aliphatic carbocycles. The summed E-state index contributed by atoms with van der Waals surface area (Å²) in [5.74, 6) is 5.99. The summed E-state index contributed by atoms with van der Waals surface area (Å²) >= 11 is 5.45. The molecule has 6 heterocycles. The van der Waals surface area contributed by atoms with E-state index in [1.807, 2.05) is 89.4 Å². The number of thiophene rings is 3. The van der Waals surface area contributed by atoms with Crippen LogP contribution in [0.15, 0.2) is 455 Å². The van der Waals surface area contributed by atoms with Gasteiger partial charge in [-0.05, 0) is 153 Å².